The summed E-state index contributed by atoms with van der Waals surface area (Å²) in [6.07, 6.45) is -0.682. The van der Waals surface area contributed by atoms with E-state index in [2.05, 4.69) is 10.6 Å². The Labute approximate surface area is 205 Å². The van der Waals surface area contributed by atoms with Gasteiger partial charge in [0.2, 0.25) is 0 Å². The van der Waals surface area contributed by atoms with Crippen molar-refractivity contribution in [1.29, 1.82) is 0 Å². The largest absolute Gasteiger partial charge is 0.461 e. The molecule has 0 atom stereocenters. The first-order valence-corrected chi connectivity index (χ1v) is 11.0. The van der Waals surface area contributed by atoms with Crippen LogP contribution in [0.5, 0.6) is 0 Å². The van der Waals surface area contributed by atoms with E-state index < -0.39 is 29.4 Å². The Morgan fingerprint density at radius 1 is 0.800 bits per heavy atom. The summed E-state index contributed by atoms with van der Waals surface area (Å²) in [4.78, 5) is 47.4. The first-order chi connectivity index (χ1) is 16.2. The lowest BCUT2D eigenvalue weighted by Crippen LogP contribution is -2.27. The predicted molar refractivity (Wildman–Crippen MR) is 132 cm³/mol. The van der Waals surface area contributed by atoms with Crippen LogP contribution in [-0.4, -0.2) is 35.6 Å². The van der Waals surface area contributed by atoms with E-state index in [4.69, 9.17) is 14.2 Å². The summed E-state index contributed by atoms with van der Waals surface area (Å²) >= 11 is 0. The molecule has 0 saturated carbocycles. The fraction of sp³-hybridized carbons (Fsp3) is 0.385. The number of esters is 1. The van der Waals surface area contributed by atoms with Gasteiger partial charge in [-0.2, -0.15) is 0 Å². The highest BCUT2D eigenvalue weighted by Gasteiger charge is 2.19. The second kappa shape index (κ2) is 11.0. The SMILES string of the molecule is CC(=O)OCc1cc(-c2ccc(NC(=O)OC(C)(C)C)c(C=O)c2)ccc1NC(=O)OC(C)(C)C. The maximum atomic E-state index is 12.2. The average molecular weight is 485 g/mol. The van der Waals surface area contributed by atoms with Crippen LogP contribution in [0.2, 0.25) is 0 Å². The van der Waals surface area contributed by atoms with Gasteiger partial charge in [-0.3, -0.25) is 20.2 Å². The second-order valence-corrected chi connectivity index (χ2v) is 9.83. The molecule has 0 bridgehead atoms. The van der Waals surface area contributed by atoms with Gasteiger partial charge < -0.3 is 14.2 Å². The van der Waals surface area contributed by atoms with Gasteiger partial charge in [0.25, 0.3) is 0 Å². The van der Waals surface area contributed by atoms with Gasteiger partial charge in [-0.05, 0) is 76.9 Å². The molecule has 2 N–H and O–H groups in total. The lowest BCUT2D eigenvalue weighted by molar-refractivity contribution is -0.142. The smallest absolute Gasteiger partial charge is 0.412 e. The van der Waals surface area contributed by atoms with E-state index in [1.807, 2.05) is 0 Å². The van der Waals surface area contributed by atoms with Gasteiger partial charge in [-0.25, -0.2) is 9.59 Å². The summed E-state index contributed by atoms with van der Waals surface area (Å²) in [5.74, 6) is -0.473. The van der Waals surface area contributed by atoms with Crippen LogP contribution in [0.1, 0.15) is 64.4 Å². The lowest BCUT2D eigenvalue weighted by atomic mass is 9.99. The Kier molecular flexibility index (Phi) is 8.62. The molecule has 0 aliphatic heterocycles. The van der Waals surface area contributed by atoms with Crippen molar-refractivity contribution in [1.82, 2.24) is 0 Å². The van der Waals surface area contributed by atoms with E-state index >= 15 is 0 Å². The molecule has 35 heavy (non-hydrogen) atoms. The Hall–Kier alpha value is -3.88. The minimum Gasteiger partial charge on any atom is -0.461 e. The number of benzene rings is 2. The quantitative estimate of drug-likeness (QED) is 0.296. The highest BCUT2D eigenvalue weighted by atomic mass is 16.6. The molecule has 0 unspecified atom stereocenters. The summed E-state index contributed by atoms with van der Waals surface area (Å²) in [5, 5.41) is 5.25. The maximum Gasteiger partial charge on any atom is 0.412 e. The first kappa shape index (κ1) is 27.4. The third kappa shape index (κ3) is 9.11. The molecule has 2 amide bonds. The predicted octanol–water partition coefficient (Wildman–Crippen LogP) is 5.92. The summed E-state index contributed by atoms with van der Waals surface area (Å²) in [6.45, 7) is 11.7. The van der Waals surface area contributed by atoms with Crippen molar-refractivity contribution in [2.45, 2.75) is 66.3 Å². The van der Waals surface area contributed by atoms with Crippen molar-refractivity contribution in [3.8, 4) is 11.1 Å². The molecule has 0 radical (unpaired) electrons. The Morgan fingerprint density at radius 3 is 1.77 bits per heavy atom. The number of amides is 2. The average Bonchev–Trinajstić information content (AvgIpc) is 2.70. The number of rotatable bonds is 6. The molecular weight excluding hydrogens is 452 g/mol. The number of hydrogen-bond acceptors (Lipinski definition) is 7. The molecule has 0 spiro atoms. The third-order valence-electron chi connectivity index (χ3n) is 4.32. The van der Waals surface area contributed by atoms with E-state index in [9.17, 15) is 19.2 Å². The fourth-order valence-corrected chi connectivity index (χ4v) is 2.97. The van der Waals surface area contributed by atoms with Crippen molar-refractivity contribution in [3.05, 3.63) is 47.5 Å². The highest BCUT2D eigenvalue weighted by Crippen LogP contribution is 2.29. The third-order valence-corrected chi connectivity index (χ3v) is 4.32. The maximum absolute atomic E-state index is 12.2. The highest BCUT2D eigenvalue weighted by molar-refractivity contribution is 5.95. The molecule has 0 saturated heterocycles. The van der Waals surface area contributed by atoms with Crippen LogP contribution >= 0.6 is 0 Å². The van der Waals surface area contributed by atoms with Crippen LogP contribution in [0.4, 0.5) is 21.0 Å². The summed E-state index contributed by atoms with van der Waals surface area (Å²) in [5.41, 5.74) is 1.53. The van der Waals surface area contributed by atoms with Crippen LogP contribution in [0.3, 0.4) is 0 Å². The number of carbonyl (C=O) groups excluding carboxylic acids is 4. The zero-order valence-corrected chi connectivity index (χ0v) is 21.1. The van der Waals surface area contributed by atoms with Gasteiger partial charge in [0.15, 0.2) is 6.29 Å². The van der Waals surface area contributed by atoms with Crippen LogP contribution in [-0.2, 0) is 25.6 Å². The summed E-state index contributed by atoms with van der Waals surface area (Å²) in [7, 11) is 0. The molecule has 0 aliphatic rings. The number of ether oxygens (including phenoxy) is 3. The first-order valence-electron chi connectivity index (χ1n) is 11.0. The molecule has 0 aromatic heterocycles. The molecule has 9 nitrogen and oxygen atoms in total. The number of carbonyl (C=O) groups is 4. The van der Waals surface area contributed by atoms with E-state index in [0.29, 0.717) is 34.4 Å². The molecule has 2 aromatic rings. The zero-order chi connectivity index (χ0) is 26.4. The number of anilines is 2. The second-order valence-electron chi connectivity index (χ2n) is 9.83. The molecule has 0 fully saturated rings. The normalized spacial score (nSPS) is 11.3. The monoisotopic (exact) mass is 484 g/mol. The Balaban J connectivity index is 2.35. The molecule has 188 valence electrons. The van der Waals surface area contributed by atoms with Gasteiger partial charge in [0.05, 0.1) is 11.4 Å². The fourth-order valence-electron chi connectivity index (χ4n) is 2.97. The molecule has 2 rings (SSSR count). The number of nitrogens with one attached hydrogen (secondary N) is 2. The Morgan fingerprint density at radius 2 is 1.29 bits per heavy atom. The molecule has 0 heterocycles. The van der Waals surface area contributed by atoms with Gasteiger partial charge in [0.1, 0.15) is 17.8 Å². The summed E-state index contributed by atoms with van der Waals surface area (Å²) < 4.78 is 15.7. The van der Waals surface area contributed by atoms with E-state index in [1.54, 1.807) is 77.9 Å². The van der Waals surface area contributed by atoms with Crippen molar-refractivity contribution in [2.24, 2.45) is 0 Å². The number of aldehydes is 1. The van der Waals surface area contributed by atoms with Gasteiger partial charge in [0, 0.05) is 18.1 Å². The van der Waals surface area contributed by atoms with E-state index in [0.717, 1.165) is 0 Å². The van der Waals surface area contributed by atoms with Crippen molar-refractivity contribution < 1.29 is 33.4 Å². The van der Waals surface area contributed by atoms with Crippen LogP contribution in [0, 0.1) is 0 Å². The topological polar surface area (TPSA) is 120 Å². The van der Waals surface area contributed by atoms with Crippen molar-refractivity contribution in [2.75, 3.05) is 10.6 Å². The molecular formula is C26H32N2O7. The van der Waals surface area contributed by atoms with E-state index in [-0.39, 0.29) is 12.2 Å². The van der Waals surface area contributed by atoms with E-state index in [1.165, 1.54) is 6.92 Å². The van der Waals surface area contributed by atoms with Crippen LogP contribution in [0.25, 0.3) is 11.1 Å². The zero-order valence-electron chi connectivity index (χ0n) is 21.1. The van der Waals surface area contributed by atoms with Crippen LogP contribution < -0.4 is 10.6 Å². The Bertz CT molecular complexity index is 1110. The van der Waals surface area contributed by atoms with Crippen molar-refractivity contribution >= 4 is 35.8 Å². The summed E-state index contributed by atoms with van der Waals surface area (Å²) in [6, 6.07) is 10.1. The van der Waals surface area contributed by atoms with Gasteiger partial charge in [-0.1, -0.05) is 12.1 Å². The molecule has 0 aliphatic carbocycles. The number of hydrogen-bond donors (Lipinski definition) is 2. The molecule has 2 aromatic carbocycles. The van der Waals surface area contributed by atoms with Gasteiger partial charge in [-0.15, -0.1) is 0 Å². The van der Waals surface area contributed by atoms with Gasteiger partial charge >= 0.3 is 18.2 Å². The minimum atomic E-state index is -0.682. The van der Waals surface area contributed by atoms with Crippen LogP contribution in [0.15, 0.2) is 36.4 Å². The minimum absolute atomic E-state index is 0.0763. The standard InChI is InChI=1S/C26H32N2O7/c1-16(30)33-15-20-13-18(9-11-22(20)28-24(32)35-26(5,6)7)17-8-10-21(19(12-17)14-29)27-23(31)34-25(2,3)4/h8-14H,15H2,1-7H3,(H,27,31)(H,28,32). The lowest BCUT2D eigenvalue weighted by Gasteiger charge is -2.21. The van der Waals surface area contributed by atoms with Crippen molar-refractivity contribution in [3.63, 3.8) is 0 Å². The molecule has 9 heteroatoms.